The van der Waals surface area contributed by atoms with Crippen LogP contribution < -0.4 is 9.47 Å². The predicted octanol–water partition coefficient (Wildman–Crippen LogP) is 8.02. The number of rotatable bonds is 15. The number of carbonyl (C=O) groups excluding carboxylic acids is 1. The largest absolute Gasteiger partial charge is 0.488 e. The summed E-state index contributed by atoms with van der Waals surface area (Å²) < 4.78 is 81.3. The van der Waals surface area contributed by atoms with E-state index in [-0.39, 0.29) is 33.1 Å². The quantitative estimate of drug-likeness (QED) is 0.124. The predicted molar refractivity (Wildman–Crippen MR) is 169 cm³/mol. The molecule has 3 aromatic rings. The highest BCUT2D eigenvalue weighted by Crippen LogP contribution is 2.38. The van der Waals surface area contributed by atoms with Crippen molar-refractivity contribution in [3.8, 4) is 17.2 Å². The van der Waals surface area contributed by atoms with Gasteiger partial charge in [-0.1, -0.05) is 59.6 Å². The van der Waals surface area contributed by atoms with Crippen molar-refractivity contribution in [1.29, 1.82) is 0 Å². The summed E-state index contributed by atoms with van der Waals surface area (Å²) in [6.07, 6.45) is 4.70. The van der Waals surface area contributed by atoms with E-state index in [1.54, 1.807) is 24.3 Å². The minimum atomic E-state index is -4.84. The van der Waals surface area contributed by atoms with Crippen LogP contribution in [0.2, 0.25) is 0 Å². The van der Waals surface area contributed by atoms with Gasteiger partial charge in [0.15, 0.2) is 5.78 Å². The standard InChI is InChI=1S/C33H42O9S2/c1-7-19-32(5,9-3)27-17-11-23(21-29(27)43(35,36)37)31(34)24-12-18-28(30(22-24)44(38,39)40)41-25-13-15-26(16-14-25)42-33(6,10-4)20-8-2/h11-18,21-22H,7-10,19-20H2,1-6H3,(H,35,36,37)(H,38,39,40). The topological polar surface area (TPSA) is 144 Å². The molecule has 0 saturated carbocycles. The second-order valence-corrected chi connectivity index (χ2v) is 14.3. The summed E-state index contributed by atoms with van der Waals surface area (Å²) in [4.78, 5) is 12.4. The molecule has 44 heavy (non-hydrogen) atoms. The van der Waals surface area contributed by atoms with Crippen LogP contribution in [0.1, 0.15) is 102 Å². The van der Waals surface area contributed by atoms with Crippen LogP contribution in [-0.2, 0) is 25.7 Å². The zero-order valence-electron chi connectivity index (χ0n) is 26.1. The van der Waals surface area contributed by atoms with Gasteiger partial charge in [0.05, 0.1) is 4.90 Å². The Balaban J connectivity index is 1.98. The Labute approximate surface area is 261 Å². The molecule has 2 atom stereocenters. The van der Waals surface area contributed by atoms with Gasteiger partial charge in [0.25, 0.3) is 20.2 Å². The fourth-order valence-electron chi connectivity index (χ4n) is 5.35. The van der Waals surface area contributed by atoms with Crippen LogP contribution in [0.4, 0.5) is 0 Å². The number of hydrogen-bond donors (Lipinski definition) is 2. The molecule has 2 N–H and O–H groups in total. The minimum absolute atomic E-state index is 0.0796. The lowest BCUT2D eigenvalue weighted by molar-refractivity contribution is 0.0740. The Morgan fingerprint density at radius 3 is 1.73 bits per heavy atom. The molecule has 0 radical (unpaired) electrons. The summed E-state index contributed by atoms with van der Waals surface area (Å²) in [6.45, 7) is 12.0. The van der Waals surface area contributed by atoms with Gasteiger partial charge in [0.1, 0.15) is 27.7 Å². The first-order valence-corrected chi connectivity index (χ1v) is 17.6. The first kappa shape index (κ1) is 35.2. The number of hydrogen-bond acceptors (Lipinski definition) is 7. The molecule has 240 valence electrons. The van der Waals surface area contributed by atoms with Crippen molar-refractivity contribution in [1.82, 2.24) is 0 Å². The average Bonchev–Trinajstić information content (AvgIpc) is 2.97. The summed E-state index contributed by atoms with van der Waals surface area (Å²) in [7, 11) is -9.53. The Morgan fingerprint density at radius 1 is 0.705 bits per heavy atom. The summed E-state index contributed by atoms with van der Waals surface area (Å²) in [5.41, 5.74) is -0.711. The maximum Gasteiger partial charge on any atom is 0.298 e. The Hall–Kier alpha value is -3.25. The maximum absolute atomic E-state index is 13.4. The third-order valence-electron chi connectivity index (χ3n) is 8.18. The van der Waals surface area contributed by atoms with Gasteiger partial charge in [-0.3, -0.25) is 13.9 Å². The first-order valence-electron chi connectivity index (χ1n) is 14.8. The van der Waals surface area contributed by atoms with Crippen LogP contribution in [-0.4, -0.2) is 37.3 Å². The van der Waals surface area contributed by atoms with Gasteiger partial charge in [0.2, 0.25) is 0 Å². The van der Waals surface area contributed by atoms with Crippen molar-refractivity contribution < 1.29 is 40.2 Å². The Bertz CT molecular complexity index is 1700. The Morgan fingerprint density at radius 2 is 1.23 bits per heavy atom. The fraction of sp³-hybridized carbons (Fsp3) is 0.424. The van der Waals surface area contributed by atoms with E-state index in [9.17, 15) is 30.7 Å². The van der Waals surface area contributed by atoms with Gasteiger partial charge in [-0.15, -0.1) is 0 Å². The lowest BCUT2D eigenvalue weighted by Crippen LogP contribution is -2.31. The summed E-state index contributed by atoms with van der Waals surface area (Å²) in [5, 5.41) is 0. The second-order valence-electron chi connectivity index (χ2n) is 11.5. The third kappa shape index (κ3) is 8.26. The van der Waals surface area contributed by atoms with E-state index in [4.69, 9.17) is 9.47 Å². The van der Waals surface area contributed by atoms with Crippen LogP contribution in [0.3, 0.4) is 0 Å². The lowest BCUT2D eigenvalue weighted by Gasteiger charge is -2.30. The molecule has 9 nitrogen and oxygen atoms in total. The van der Waals surface area contributed by atoms with Crippen LogP contribution in [0.25, 0.3) is 0 Å². The van der Waals surface area contributed by atoms with E-state index in [0.29, 0.717) is 24.2 Å². The molecule has 2 unspecified atom stereocenters. The van der Waals surface area contributed by atoms with Crippen LogP contribution in [0, 0.1) is 0 Å². The van der Waals surface area contributed by atoms with Gasteiger partial charge in [-0.25, -0.2) is 0 Å². The molecule has 0 amide bonds. The zero-order chi connectivity index (χ0) is 32.9. The van der Waals surface area contributed by atoms with Crippen LogP contribution in [0.5, 0.6) is 17.2 Å². The molecule has 0 bridgehead atoms. The van der Waals surface area contributed by atoms with Gasteiger partial charge in [-0.2, -0.15) is 16.8 Å². The van der Waals surface area contributed by atoms with Crippen molar-refractivity contribution in [2.75, 3.05) is 0 Å². The molecular formula is C33H42O9S2. The third-order valence-corrected chi connectivity index (χ3v) is 9.95. The molecule has 3 rings (SSSR count). The highest BCUT2D eigenvalue weighted by atomic mass is 32.2. The number of carbonyl (C=O) groups is 1. The Kier molecular flexibility index (Phi) is 11.1. The van der Waals surface area contributed by atoms with E-state index in [2.05, 4.69) is 13.8 Å². The number of benzene rings is 3. The van der Waals surface area contributed by atoms with Gasteiger partial charge < -0.3 is 9.47 Å². The van der Waals surface area contributed by atoms with Crippen molar-refractivity contribution in [3.63, 3.8) is 0 Å². The number of ether oxygens (including phenoxy) is 2. The molecule has 0 aromatic heterocycles. The summed E-state index contributed by atoms with van der Waals surface area (Å²) in [5.74, 6) is -0.0294. The van der Waals surface area contributed by atoms with Crippen molar-refractivity contribution in [2.45, 2.75) is 101 Å². The van der Waals surface area contributed by atoms with Crippen molar-refractivity contribution in [3.05, 3.63) is 77.4 Å². The van der Waals surface area contributed by atoms with Crippen LogP contribution >= 0.6 is 0 Å². The van der Waals surface area contributed by atoms with E-state index in [1.165, 1.54) is 24.3 Å². The van der Waals surface area contributed by atoms with E-state index < -0.39 is 36.3 Å². The highest BCUT2D eigenvalue weighted by Gasteiger charge is 2.31. The molecule has 0 saturated heterocycles. The molecule has 0 aliphatic rings. The van der Waals surface area contributed by atoms with Crippen LogP contribution in [0.15, 0.2) is 70.5 Å². The highest BCUT2D eigenvalue weighted by molar-refractivity contribution is 7.86. The van der Waals surface area contributed by atoms with Gasteiger partial charge >= 0.3 is 0 Å². The van der Waals surface area contributed by atoms with Gasteiger partial charge in [0, 0.05) is 11.1 Å². The minimum Gasteiger partial charge on any atom is -0.488 e. The van der Waals surface area contributed by atoms with Crippen molar-refractivity contribution in [2.24, 2.45) is 0 Å². The van der Waals surface area contributed by atoms with Crippen molar-refractivity contribution >= 4 is 26.0 Å². The average molecular weight is 647 g/mol. The SMILES string of the molecule is CCCC(C)(CC)Oc1ccc(Oc2ccc(C(=O)c3ccc(C(C)(CC)CCC)c(S(=O)(=O)O)c3)cc2S(=O)(=O)O)cc1. The maximum atomic E-state index is 13.4. The second kappa shape index (κ2) is 13.8. The summed E-state index contributed by atoms with van der Waals surface area (Å²) >= 11 is 0. The fourth-order valence-corrected chi connectivity index (χ4v) is 6.86. The molecule has 0 fully saturated rings. The first-order chi connectivity index (χ1) is 20.5. The molecule has 3 aromatic carbocycles. The van der Waals surface area contributed by atoms with E-state index in [1.807, 2.05) is 27.7 Å². The normalized spacial score (nSPS) is 14.8. The molecule has 0 heterocycles. The molecule has 0 aliphatic heterocycles. The summed E-state index contributed by atoms with van der Waals surface area (Å²) in [6, 6.07) is 14.2. The lowest BCUT2D eigenvalue weighted by atomic mass is 9.76. The smallest absolute Gasteiger partial charge is 0.298 e. The monoisotopic (exact) mass is 646 g/mol. The van der Waals surface area contributed by atoms with E-state index >= 15 is 0 Å². The molecular weight excluding hydrogens is 604 g/mol. The zero-order valence-corrected chi connectivity index (χ0v) is 27.7. The van der Waals surface area contributed by atoms with Gasteiger partial charge in [-0.05, 0) is 92.1 Å². The number of ketones is 1. The molecule has 11 heteroatoms. The van der Waals surface area contributed by atoms with E-state index in [0.717, 1.165) is 37.8 Å². The molecule has 0 aliphatic carbocycles. The molecule has 0 spiro atoms.